The minimum atomic E-state index is -0.0220. The van der Waals surface area contributed by atoms with Crippen molar-refractivity contribution in [1.29, 1.82) is 0 Å². The largest absolute Gasteiger partial charge is 0.497 e. The first-order valence-corrected chi connectivity index (χ1v) is 7.30. The number of rotatable bonds is 5. The number of methoxy groups -OCH3 is 1. The van der Waals surface area contributed by atoms with E-state index in [0.717, 1.165) is 15.7 Å². The number of benzene rings is 1. The van der Waals surface area contributed by atoms with Gasteiger partial charge in [0.05, 0.1) is 12.9 Å². The molecular weight excluding hydrogens is 282 g/mol. The molecule has 2 rings (SSSR count). The second-order valence-corrected chi connectivity index (χ2v) is 5.55. The fourth-order valence-corrected chi connectivity index (χ4v) is 2.81. The van der Waals surface area contributed by atoms with Crippen LogP contribution in [0.25, 0.3) is 11.4 Å². The fourth-order valence-electron chi connectivity index (χ4n) is 1.32. The maximum Gasteiger partial charge on any atom is 0.230 e. The number of aromatic nitrogens is 2. The zero-order valence-electron chi connectivity index (χ0n) is 10.5. The van der Waals surface area contributed by atoms with Gasteiger partial charge in [-0.15, -0.1) is 0 Å². The lowest BCUT2D eigenvalue weighted by atomic mass is 10.2. The summed E-state index contributed by atoms with van der Waals surface area (Å²) in [6.45, 7) is 0. The lowest BCUT2D eigenvalue weighted by Gasteiger charge is -1.99. The Morgan fingerprint density at radius 1 is 1.42 bits per heavy atom. The Bertz CT molecular complexity index is 554. The highest BCUT2D eigenvalue weighted by molar-refractivity contribution is 8.01. The van der Waals surface area contributed by atoms with Crippen molar-refractivity contribution in [1.82, 2.24) is 14.7 Å². The SMILES string of the molecule is CNC(=O)CSc1nc(-c2ccc(OC)cc2)ns1. The van der Waals surface area contributed by atoms with Gasteiger partial charge in [0.25, 0.3) is 0 Å². The Morgan fingerprint density at radius 3 is 2.79 bits per heavy atom. The molecule has 0 fully saturated rings. The molecule has 0 atom stereocenters. The van der Waals surface area contributed by atoms with E-state index >= 15 is 0 Å². The number of hydrogen-bond donors (Lipinski definition) is 1. The van der Waals surface area contributed by atoms with Crippen LogP contribution < -0.4 is 10.1 Å². The minimum absolute atomic E-state index is 0.0220. The molecule has 0 spiro atoms. The van der Waals surface area contributed by atoms with Gasteiger partial charge in [0.1, 0.15) is 5.75 Å². The topological polar surface area (TPSA) is 64.1 Å². The van der Waals surface area contributed by atoms with E-state index in [1.807, 2.05) is 24.3 Å². The van der Waals surface area contributed by atoms with E-state index < -0.39 is 0 Å². The number of nitrogens with one attached hydrogen (secondary N) is 1. The lowest BCUT2D eigenvalue weighted by Crippen LogP contribution is -2.19. The van der Waals surface area contributed by atoms with Crippen molar-refractivity contribution >= 4 is 29.2 Å². The molecule has 100 valence electrons. The van der Waals surface area contributed by atoms with Crippen LogP contribution in [0.1, 0.15) is 0 Å². The smallest absolute Gasteiger partial charge is 0.230 e. The number of amides is 1. The normalized spacial score (nSPS) is 10.2. The molecule has 0 aliphatic rings. The van der Waals surface area contributed by atoms with Gasteiger partial charge in [0.2, 0.25) is 5.91 Å². The summed E-state index contributed by atoms with van der Waals surface area (Å²) in [5.41, 5.74) is 0.934. The van der Waals surface area contributed by atoms with Crippen molar-refractivity contribution < 1.29 is 9.53 Å². The van der Waals surface area contributed by atoms with E-state index in [1.54, 1.807) is 14.2 Å². The quantitative estimate of drug-likeness (QED) is 0.855. The van der Waals surface area contributed by atoms with Crippen LogP contribution in [0.5, 0.6) is 5.75 Å². The molecule has 0 bridgehead atoms. The second-order valence-electron chi connectivity index (χ2n) is 3.57. The maximum atomic E-state index is 11.1. The van der Waals surface area contributed by atoms with Gasteiger partial charge in [0.15, 0.2) is 10.2 Å². The molecule has 1 amide bonds. The van der Waals surface area contributed by atoms with Crippen LogP contribution in [-0.4, -0.2) is 35.2 Å². The van der Waals surface area contributed by atoms with E-state index in [4.69, 9.17) is 4.74 Å². The molecular formula is C12H13N3O2S2. The molecule has 2 aromatic rings. The van der Waals surface area contributed by atoms with Gasteiger partial charge < -0.3 is 10.1 Å². The summed E-state index contributed by atoms with van der Waals surface area (Å²) in [5.74, 6) is 1.81. The summed E-state index contributed by atoms with van der Waals surface area (Å²) < 4.78 is 10.2. The van der Waals surface area contributed by atoms with Crippen molar-refractivity contribution in [3.63, 3.8) is 0 Å². The third-order valence-corrected chi connectivity index (χ3v) is 4.19. The summed E-state index contributed by atoms with van der Waals surface area (Å²) >= 11 is 2.68. The van der Waals surface area contributed by atoms with Crippen molar-refractivity contribution in [2.24, 2.45) is 0 Å². The van der Waals surface area contributed by atoms with Gasteiger partial charge in [-0.3, -0.25) is 4.79 Å². The van der Waals surface area contributed by atoms with Crippen molar-refractivity contribution in [2.75, 3.05) is 19.9 Å². The first kappa shape index (κ1) is 13.8. The maximum absolute atomic E-state index is 11.1. The summed E-state index contributed by atoms with van der Waals surface area (Å²) in [6, 6.07) is 7.56. The van der Waals surface area contributed by atoms with Gasteiger partial charge in [-0.1, -0.05) is 11.8 Å². The van der Waals surface area contributed by atoms with E-state index in [-0.39, 0.29) is 5.91 Å². The standard InChI is InChI=1S/C12H13N3O2S2/c1-13-10(16)7-18-12-14-11(15-19-12)8-3-5-9(17-2)6-4-8/h3-6H,7H2,1-2H3,(H,13,16). The highest BCUT2D eigenvalue weighted by Gasteiger charge is 2.08. The summed E-state index contributed by atoms with van der Waals surface area (Å²) in [7, 11) is 3.25. The molecule has 0 aliphatic heterocycles. The number of carbonyl (C=O) groups is 1. The van der Waals surface area contributed by atoms with Crippen LogP contribution in [0.15, 0.2) is 28.6 Å². The lowest BCUT2D eigenvalue weighted by molar-refractivity contribution is -0.118. The number of thioether (sulfide) groups is 1. The number of ether oxygens (including phenoxy) is 1. The molecule has 1 aromatic carbocycles. The van der Waals surface area contributed by atoms with Crippen LogP contribution in [0.2, 0.25) is 0 Å². The third-order valence-electron chi connectivity index (χ3n) is 2.36. The molecule has 0 unspecified atom stereocenters. The fraction of sp³-hybridized carbons (Fsp3) is 0.250. The first-order chi connectivity index (χ1) is 9.22. The predicted octanol–water partition coefficient (Wildman–Crippen LogP) is 2.05. The van der Waals surface area contributed by atoms with E-state index in [1.165, 1.54) is 23.3 Å². The Labute approximate surface area is 119 Å². The zero-order chi connectivity index (χ0) is 13.7. The van der Waals surface area contributed by atoms with Gasteiger partial charge >= 0.3 is 0 Å². The zero-order valence-corrected chi connectivity index (χ0v) is 12.2. The third kappa shape index (κ3) is 3.68. The van der Waals surface area contributed by atoms with Crippen LogP contribution in [0.3, 0.4) is 0 Å². The van der Waals surface area contributed by atoms with E-state index in [0.29, 0.717) is 11.6 Å². The highest BCUT2D eigenvalue weighted by atomic mass is 32.2. The molecule has 0 saturated heterocycles. The summed E-state index contributed by atoms with van der Waals surface area (Å²) in [4.78, 5) is 15.5. The molecule has 0 saturated carbocycles. The summed E-state index contributed by atoms with van der Waals surface area (Å²) in [5, 5.41) is 2.57. The Kier molecular flexibility index (Phi) is 4.75. The van der Waals surface area contributed by atoms with Gasteiger partial charge in [-0.2, -0.15) is 4.37 Å². The molecule has 1 N–H and O–H groups in total. The van der Waals surface area contributed by atoms with Gasteiger partial charge in [-0.25, -0.2) is 4.98 Å². The van der Waals surface area contributed by atoms with Gasteiger partial charge in [0, 0.05) is 12.6 Å². The van der Waals surface area contributed by atoms with Crippen LogP contribution >= 0.6 is 23.3 Å². The molecule has 0 aliphatic carbocycles. The molecule has 0 radical (unpaired) electrons. The summed E-state index contributed by atoms with van der Waals surface area (Å²) in [6.07, 6.45) is 0. The second kappa shape index (κ2) is 6.53. The van der Waals surface area contributed by atoms with Crippen molar-refractivity contribution in [3.8, 4) is 17.1 Å². The molecule has 1 aromatic heterocycles. The van der Waals surface area contributed by atoms with Gasteiger partial charge in [-0.05, 0) is 35.8 Å². The Morgan fingerprint density at radius 2 is 2.16 bits per heavy atom. The molecule has 5 nitrogen and oxygen atoms in total. The molecule has 7 heteroatoms. The average molecular weight is 295 g/mol. The van der Waals surface area contributed by atoms with Crippen molar-refractivity contribution in [2.45, 2.75) is 4.34 Å². The highest BCUT2D eigenvalue weighted by Crippen LogP contribution is 2.26. The number of carbonyl (C=O) groups excluding carboxylic acids is 1. The van der Waals surface area contributed by atoms with E-state index in [2.05, 4.69) is 14.7 Å². The van der Waals surface area contributed by atoms with Crippen LogP contribution in [0.4, 0.5) is 0 Å². The van der Waals surface area contributed by atoms with Crippen molar-refractivity contribution in [3.05, 3.63) is 24.3 Å². The first-order valence-electron chi connectivity index (χ1n) is 5.54. The number of nitrogens with zero attached hydrogens (tertiary/aromatic N) is 2. The minimum Gasteiger partial charge on any atom is -0.497 e. The molecule has 19 heavy (non-hydrogen) atoms. The van der Waals surface area contributed by atoms with E-state index in [9.17, 15) is 4.79 Å². The van der Waals surface area contributed by atoms with Crippen LogP contribution in [-0.2, 0) is 4.79 Å². The monoisotopic (exact) mass is 295 g/mol. The molecule has 1 heterocycles. The van der Waals surface area contributed by atoms with Crippen LogP contribution in [0, 0.1) is 0 Å². The Balaban J connectivity index is 2.05. The Hall–Kier alpha value is -1.60. The predicted molar refractivity (Wildman–Crippen MR) is 76.7 cm³/mol. The number of hydrogen-bond acceptors (Lipinski definition) is 6. The average Bonchev–Trinajstić information content (AvgIpc) is 2.93.